The van der Waals surface area contributed by atoms with Crippen molar-refractivity contribution in [3.63, 3.8) is 0 Å². The van der Waals surface area contributed by atoms with E-state index in [1.165, 1.54) is 24.3 Å². The first-order chi connectivity index (χ1) is 9.03. The summed E-state index contributed by atoms with van der Waals surface area (Å²) >= 11 is 0. The number of hydrogen-bond donors (Lipinski definition) is 2. The number of rotatable bonds is 7. The molecule has 0 aliphatic carbocycles. The highest BCUT2D eigenvalue weighted by Crippen LogP contribution is 2.16. The second-order valence-electron chi connectivity index (χ2n) is 3.73. The third kappa shape index (κ3) is 5.46. The van der Waals surface area contributed by atoms with Crippen LogP contribution in [0.5, 0.6) is 5.75 Å². The molecule has 0 radical (unpaired) electrons. The summed E-state index contributed by atoms with van der Waals surface area (Å²) in [6.45, 7) is 2.13. The molecule has 0 amide bonds. The third-order valence-electron chi connectivity index (χ3n) is 2.31. The van der Waals surface area contributed by atoms with E-state index in [9.17, 15) is 12.8 Å². The topological polar surface area (TPSA) is 81.4 Å². The summed E-state index contributed by atoms with van der Waals surface area (Å²) in [6, 6.07) is 5.87. The standard InChI is InChI=1S/C12H17FN2O3S.ClH/c1-2-15-19(16,17)12-5-3-11(4-6-12)18-9-10(7-13)8-14;/h3-7,15H,2,8-9,14H2,1H3;1H. The lowest BCUT2D eigenvalue weighted by Gasteiger charge is -2.08. The van der Waals surface area contributed by atoms with Gasteiger partial charge in [0, 0.05) is 18.7 Å². The first-order valence-electron chi connectivity index (χ1n) is 5.74. The molecule has 8 heteroatoms. The van der Waals surface area contributed by atoms with E-state index in [1.54, 1.807) is 6.92 Å². The molecule has 20 heavy (non-hydrogen) atoms. The minimum absolute atomic E-state index is 0. The fourth-order valence-corrected chi connectivity index (χ4v) is 2.34. The summed E-state index contributed by atoms with van der Waals surface area (Å²) in [7, 11) is -3.46. The molecule has 3 N–H and O–H groups in total. The SMILES string of the molecule is CCNS(=O)(=O)c1ccc(OCC(=CF)CN)cc1.Cl. The zero-order valence-corrected chi connectivity index (χ0v) is 12.6. The highest BCUT2D eigenvalue weighted by molar-refractivity contribution is 7.89. The minimum Gasteiger partial charge on any atom is -0.489 e. The number of nitrogens with one attached hydrogen (secondary N) is 1. The van der Waals surface area contributed by atoms with Crippen molar-refractivity contribution < 1.29 is 17.5 Å². The van der Waals surface area contributed by atoms with Gasteiger partial charge in [-0.2, -0.15) is 0 Å². The Morgan fingerprint density at radius 2 is 2.00 bits per heavy atom. The average Bonchev–Trinajstić information content (AvgIpc) is 2.40. The first kappa shape index (κ1) is 18.9. The van der Waals surface area contributed by atoms with Crippen molar-refractivity contribution in [1.29, 1.82) is 0 Å². The van der Waals surface area contributed by atoms with Crippen molar-refractivity contribution in [3.05, 3.63) is 36.2 Å². The highest BCUT2D eigenvalue weighted by atomic mass is 35.5. The Morgan fingerprint density at radius 1 is 1.40 bits per heavy atom. The minimum atomic E-state index is -3.46. The van der Waals surface area contributed by atoms with Gasteiger partial charge in [-0.05, 0) is 24.3 Å². The lowest BCUT2D eigenvalue weighted by Crippen LogP contribution is -2.23. The monoisotopic (exact) mass is 324 g/mol. The molecule has 0 heterocycles. The maximum atomic E-state index is 12.3. The zero-order chi connectivity index (χ0) is 14.3. The van der Waals surface area contributed by atoms with Crippen molar-refractivity contribution in [2.45, 2.75) is 11.8 Å². The number of benzene rings is 1. The number of nitrogens with two attached hydrogens (primary N) is 1. The van der Waals surface area contributed by atoms with E-state index in [0.29, 0.717) is 24.2 Å². The van der Waals surface area contributed by atoms with Crippen LogP contribution in [0.2, 0.25) is 0 Å². The zero-order valence-electron chi connectivity index (χ0n) is 11.0. The van der Waals surface area contributed by atoms with E-state index in [4.69, 9.17) is 10.5 Å². The van der Waals surface area contributed by atoms with Crippen molar-refractivity contribution in [2.75, 3.05) is 19.7 Å². The average molecular weight is 325 g/mol. The second-order valence-corrected chi connectivity index (χ2v) is 5.50. The summed E-state index contributed by atoms with van der Waals surface area (Å²) in [5.41, 5.74) is 5.61. The molecular formula is C12H18ClFN2O3S. The van der Waals surface area contributed by atoms with Crippen molar-refractivity contribution in [3.8, 4) is 5.75 Å². The van der Waals surface area contributed by atoms with Gasteiger partial charge in [0.15, 0.2) is 0 Å². The van der Waals surface area contributed by atoms with Gasteiger partial charge >= 0.3 is 0 Å². The molecule has 0 atom stereocenters. The normalized spacial score (nSPS) is 11.8. The van der Waals surface area contributed by atoms with Gasteiger partial charge in [0.25, 0.3) is 0 Å². The van der Waals surface area contributed by atoms with Crippen LogP contribution in [0.4, 0.5) is 4.39 Å². The molecule has 0 bridgehead atoms. The first-order valence-corrected chi connectivity index (χ1v) is 7.22. The van der Waals surface area contributed by atoms with Crippen LogP contribution in [0.3, 0.4) is 0 Å². The molecule has 114 valence electrons. The molecule has 0 aliphatic heterocycles. The molecular weight excluding hydrogens is 307 g/mol. The highest BCUT2D eigenvalue weighted by Gasteiger charge is 2.12. The summed E-state index contributed by atoms with van der Waals surface area (Å²) in [5, 5.41) is 0. The number of hydrogen-bond acceptors (Lipinski definition) is 4. The van der Waals surface area contributed by atoms with Gasteiger partial charge in [-0.1, -0.05) is 6.92 Å². The van der Waals surface area contributed by atoms with E-state index in [0.717, 1.165) is 0 Å². The number of halogens is 2. The maximum Gasteiger partial charge on any atom is 0.240 e. The quantitative estimate of drug-likeness (QED) is 0.798. The predicted molar refractivity (Wildman–Crippen MR) is 78.3 cm³/mol. The fraction of sp³-hybridized carbons (Fsp3) is 0.333. The molecule has 5 nitrogen and oxygen atoms in total. The fourth-order valence-electron chi connectivity index (χ4n) is 1.30. The molecule has 0 aromatic heterocycles. The second kappa shape index (κ2) is 8.91. The molecule has 1 rings (SSSR count). The van der Waals surface area contributed by atoms with Crippen LogP contribution in [-0.4, -0.2) is 28.1 Å². The van der Waals surface area contributed by atoms with Gasteiger partial charge in [0.2, 0.25) is 10.0 Å². The van der Waals surface area contributed by atoms with E-state index < -0.39 is 10.0 Å². The van der Waals surface area contributed by atoms with Gasteiger partial charge in [0.05, 0.1) is 11.2 Å². The van der Waals surface area contributed by atoms with E-state index in [1.807, 2.05) is 0 Å². The van der Waals surface area contributed by atoms with Crippen molar-refractivity contribution >= 4 is 22.4 Å². The van der Waals surface area contributed by atoms with E-state index in [2.05, 4.69) is 4.72 Å². The summed E-state index contributed by atoms with van der Waals surface area (Å²) < 4.78 is 43.3. The largest absolute Gasteiger partial charge is 0.489 e. The lowest BCUT2D eigenvalue weighted by atomic mass is 10.3. The number of sulfonamides is 1. The Hall–Kier alpha value is -1.15. The molecule has 0 saturated carbocycles. The Morgan fingerprint density at radius 3 is 2.45 bits per heavy atom. The van der Waals surface area contributed by atoms with Gasteiger partial charge < -0.3 is 10.5 Å². The van der Waals surface area contributed by atoms with Gasteiger partial charge in [-0.15, -0.1) is 12.4 Å². The lowest BCUT2D eigenvalue weighted by molar-refractivity contribution is 0.347. The Kier molecular flexibility index (Phi) is 8.40. The summed E-state index contributed by atoms with van der Waals surface area (Å²) in [5.74, 6) is 0.447. The van der Waals surface area contributed by atoms with Gasteiger partial charge in [0.1, 0.15) is 12.4 Å². The number of ether oxygens (including phenoxy) is 1. The van der Waals surface area contributed by atoms with Crippen LogP contribution in [0.15, 0.2) is 41.1 Å². The summed E-state index contributed by atoms with van der Waals surface area (Å²) in [6.07, 6.45) is 0.407. The van der Waals surface area contributed by atoms with E-state index in [-0.39, 0.29) is 30.5 Å². The molecule has 0 fully saturated rings. The predicted octanol–water partition coefficient (Wildman–Crippen LogP) is 1.60. The summed E-state index contributed by atoms with van der Waals surface area (Å²) in [4.78, 5) is 0.154. The smallest absolute Gasteiger partial charge is 0.240 e. The maximum absolute atomic E-state index is 12.3. The van der Waals surface area contributed by atoms with Crippen LogP contribution >= 0.6 is 12.4 Å². The van der Waals surface area contributed by atoms with Gasteiger partial charge in [-0.25, -0.2) is 17.5 Å². The van der Waals surface area contributed by atoms with Gasteiger partial charge in [-0.3, -0.25) is 0 Å². The van der Waals surface area contributed by atoms with Crippen LogP contribution in [0, 0.1) is 0 Å². The van der Waals surface area contributed by atoms with Crippen LogP contribution < -0.4 is 15.2 Å². The Bertz CT molecular complexity index is 532. The molecule has 0 spiro atoms. The third-order valence-corrected chi connectivity index (χ3v) is 3.87. The molecule has 1 aromatic carbocycles. The molecule has 0 saturated heterocycles. The van der Waals surface area contributed by atoms with Crippen LogP contribution in [0.1, 0.15) is 6.92 Å². The van der Waals surface area contributed by atoms with Crippen LogP contribution in [0.25, 0.3) is 0 Å². The molecule has 0 unspecified atom stereocenters. The Balaban J connectivity index is 0.00000361. The molecule has 1 aromatic rings. The van der Waals surface area contributed by atoms with Crippen LogP contribution in [-0.2, 0) is 10.0 Å². The van der Waals surface area contributed by atoms with E-state index >= 15 is 0 Å². The van der Waals surface area contributed by atoms with Crippen molar-refractivity contribution in [2.24, 2.45) is 5.73 Å². The molecule has 0 aliphatic rings. The van der Waals surface area contributed by atoms with Crippen molar-refractivity contribution in [1.82, 2.24) is 4.72 Å². The Labute approximate surface area is 124 Å².